The van der Waals surface area contributed by atoms with E-state index in [1.165, 1.54) is 0 Å². The molecule has 0 amide bonds. The van der Waals surface area contributed by atoms with E-state index in [0.717, 1.165) is 5.56 Å². The molecule has 0 radical (unpaired) electrons. The molecule has 0 aliphatic carbocycles. The molecule has 1 heterocycles. The number of hydrogen-bond donors (Lipinski definition) is 2. The number of aliphatic hydroxyl groups is 2. The Morgan fingerprint density at radius 1 is 1.35 bits per heavy atom. The monoisotopic (exact) mass is 237 g/mol. The molecule has 1 aromatic carbocycles. The van der Waals surface area contributed by atoms with E-state index in [2.05, 4.69) is 10.0 Å². The van der Waals surface area contributed by atoms with Gasteiger partial charge in [-0.15, -0.1) is 0 Å². The first-order chi connectivity index (χ1) is 8.20. The molecule has 1 aromatic rings. The fraction of sp³-hybridized carbons (Fsp3) is 0.400. The number of rotatable bonds is 4. The molecule has 7 nitrogen and oxygen atoms in total. The predicted octanol–water partition coefficient (Wildman–Crippen LogP) is 0.947. The third kappa shape index (κ3) is 2.59. The van der Waals surface area contributed by atoms with Crippen LogP contribution in [0.3, 0.4) is 0 Å². The zero-order chi connectivity index (χ0) is 12.3. The summed E-state index contributed by atoms with van der Waals surface area (Å²) in [6.07, 6.45) is -1.46. The van der Waals surface area contributed by atoms with Gasteiger partial charge in [0.25, 0.3) is 0 Å². The molecule has 2 N–H and O–H groups in total. The number of ether oxygens (including phenoxy) is 2. The van der Waals surface area contributed by atoms with Gasteiger partial charge in [-0.1, -0.05) is 11.2 Å². The van der Waals surface area contributed by atoms with Crippen molar-refractivity contribution < 1.29 is 19.7 Å². The van der Waals surface area contributed by atoms with Crippen LogP contribution in [0.25, 0.3) is 10.4 Å². The van der Waals surface area contributed by atoms with Crippen molar-refractivity contribution in [2.24, 2.45) is 5.11 Å². The standard InChI is InChI=1S/C10H11N3O4/c11-13-12-7(10(14)15)3-6-1-2-8-9(4-6)17-5-16-8/h1-2,4,7,10,14-15H,3,5H2/t7-/m0/s1. The van der Waals surface area contributed by atoms with Gasteiger partial charge < -0.3 is 19.7 Å². The smallest absolute Gasteiger partial charge is 0.231 e. The average Bonchev–Trinajstić information content (AvgIpc) is 2.75. The highest BCUT2D eigenvalue weighted by Crippen LogP contribution is 2.32. The van der Waals surface area contributed by atoms with Crippen molar-refractivity contribution in [3.63, 3.8) is 0 Å². The SMILES string of the molecule is [N-]=[N+]=N[C@@H](Cc1ccc2c(c1)OCO2)C(O)O. The molecule has 90 valence electrons. The molecule has 0 bridgehead atoms. The number of azide groups is 1. The fourth-order valence-corrected chi connectivity index (χ4v) is 1.58. The van der Waals surface area contributed by atoms with Gasteiger partial charge in [0.05, 0.1) is 6.04 Å². The van der Waals surface area contributed by atoms with Crippen molar-refractivity contribution in [2.75, 3.05) is 6.79 Å². The van der Waals surface area contributed by atoms with Crippen molar-refractivity contribution in [3.8, 4) is 11.5 Å². The summed E-state index contributed by atoms with van der Waals surface area (Å²) < 4.78 is 10.3. The van der Waals surface area contributed by atoms with Gasteiger partial charge in [-0.25, -0.2) is 0 Å². The largest absolute Gasteiger partial charge is 0.454 e. The van der Waals surface area contributed by atoms with Crippen molar-refractivity contribution in [1.29, 1.82) is 0 Å². The van der Waals surface area contributed by atoms with Crippen LogP contribution in [0, 0.1) is 0 Å². The van der Waals surface area contributed by atoms with Crippen LogP contribution in [0.1, 0.15) is 5.56 Å². The van der Waals surface area contributed by atoms with Crippen molar-refractivity contribution >= 4 is 0 Å². The molecular weight excluding hydrogens is 226 g/mol. The van der Waals surface area contributed by atoms with Crippen LogP contribution in [0.15, 0.2) is 23.3 Å². The Hall–Kier alpha value is -1.95. The Morgan fingerprint density at radius 2 is 2.12 bits per heavy atom. The van der Waals surface area contributed by atoms with E-state index in [1.54, 1.807) is 18.2 Å². The molecule has 0 saturated heterocycles. The quantitative estimate of drug-likeness (QED) is 0.351. The third-order valence-corrected chi connectivity index (χ3v) is 2.43. The minimum Gasteiger partial charge on any atom is -0.454 e. The van der Waals surface area contributed by atoms with Gasteiger partial charge in [0, 0.05) is 4.91 Å². The molecule has 1 aliphatic heterocycles. The second kappa shape index (κ2) is 4.92. The first-order valence-corrected chi connectivity index (χ1v) is 4.99. The number of aliphatic hydroxyl groups excluding tert-OH is 1. The minimum atomic E-state index is -1.68. The second-order valence-corrected chi connectivity index (χ2v) is 3.58. The lowest BCUT2D eigenvalue weighted by atomic mass is 10.1. The molecule has 0 fully saturated rings. The maximum absolute atomic E-state index is 9.03. The van der Waals surface area contributed by atoms with Crippen LogP contribution in [0.5, 0.6) is 11.5 Å². The van der Waals surface area contributed by atoms with E-state index in [0.29, 0.717) is 11.5 Å². The lowest BCUT2D eigenvalue weighted by Crippen LogP contribution is -2.25. The van der Waals surface area contributed by atoms with Crippen molar-refractivity contribution in [3.05, 3.63) is 34.2 Å². The number of benzene rings is 1. The average molecular weight is 237 g/mol. The highest BCUT2D eigenvalue weighted by atomic mass is 16.7. The van der Waals surface area contributed by atoms with Gasteiger partial charge in [-0.3, -0.25) is 0 Å². The summed E-state index contributed by atoms with van der Waals surface area (Å²) in [5, 5.41) is 21.4. The summed E-state index contributed by atoms with van der Waals surface area (Å²) in [6, 6.07) is 4.30. The van der Waals surface area contributed by atoms with Gasteiger partial charge in [-0.05, 0) is 29.6 Å². The summed E-state index contributed by atoms with van der Waals surface area (Å²) in [5.41, 5.74) is 9.09. The van der Waals surface area contributed by atoms with Crippen molar-refractivity contribution in [2.45, 2.75) is 18.8 Å². The number of nitrogens with zero attached hydrogens (tertiary/aromatic N) is 3. The number of hydrogen-bond acceptors (Lipinski definition) is 5. The van der Waals surface area contributed by atoms with Crippen molar-refractivity contribution in [1.82, 2.24) is 0 Å². The highest BCUT2D eigenvalue weighted by molar-refractivity contribution is 5.44. The van der Waals surface area contributed by atoms with E-state index in [1.807, 2.05) is 0 Å². The maximum atomic E-state index is 9.03. The fourth-order valence-electron chi connectivity index (χ4n) is 1.58. The zero-order valence-corrected chi connectivity index (χ0v) is 8.85. The Bertz CT molecular complexity index is 457. The van der Waals surface area contributed by atoms with Crippen LogP contribution < -0.4 is 9.47 Å². The molecule has 0 saturated carbocycles. The van der Waals surface area contributed by atoms with E-state index in [-0.39, 0.29) is 13.2 Å². The Kier molecular flexibility index (Phi) is 3.34. The molecule has 2 rings (SSSR count). The minimum absolute atomic E-state index is 0.182. The first kappa shape index (κ1) is 11.5. The molecule has 0 aromatic heterocycles. The molecule has 0 spiro atoms. The van der Waals surface area contributed by atoms with E-state index in [9.17, 15) is 0 Å². The molecule has 7 heteroatoms. The van der Waals surface area contributed by atoms with Crippen LogP contribution in [0.4, 0.5) is 0 Å². The van der Waals surface area contributed by atoms with Crippen LogP contribution in [-0.2, 0) is 6.42 Å². The van der Waals surface area contributed by atoms with Crippen LogP contribution in [-0.4, -0.2) is 29.3 Å². The zero-order valence-electron chi connectivity index (χ0n) is 8.85. The van der Waals surface area contributed by atoms with Crippen LogP contribution >= 0.6 is 0 Å². The van der Waals surface area contributed by atoms with Gasteiger partial charge >= 0.3 is 0 Å². The molecule has 1 atom stereocenters. The third-order valence-electron chi connectivity index (χ3n) is 2.43. The van der Waals surface area contributed by atoms with E-state index >= 15 is 0 Å². The van der Waals surface area contributed by atoms with E-state index in [4.69, 9.17) is 25.2 Å². The lowest BCUT2D eigenvalue weighted by molar-refractivity contribution is -0.0575. The first-order valence-electron chi connectivity index (χ1n) is 4.99. The lowest BCUT2D eigenvalue weighted by Gasteiger charge is -2.13. The summed E-state index contributed by atoms with van der Waals surface area (Å²) in [5.74, 6) is 1.26. The Labute approximate surface area is 96.8 Å². The van der Waals surface area contributed by atoms with Crippen LogP contribution in [0.2, 0.25) is 0 Å². The summed E-state index contributed by atoms with van der Waals surface area (Å²) in [6.45, 7) is 0.182. The second-order valence-electron chi connectivity index (χ2n) is 3.58. The summed E-state index contributed by atoms with van der Waals surface area (Å²) >= 11 is 0. The van der Waals surface area contributed by atoms with Gasteiger partial charge in [-0.2, -0.15) is 0 Å². The molecule has 17 heavy (non-hydrogen) atoms. The van der Waals surface area contributed by atoms with Gasteiger partial charge in [0.15, 0.2) is 17.8 Å². The molecule has 0 unspecified atom stereocenters. The van der Waals surface area contributed by atoms with Gasteiger partial charge in [0.2, 0.25) is 6.79 Å². The maximum Gasteiger partial charge on any atom is 0.231 e. The number of fused-ring (bicyclic) bond motifs is 1. The van der Waals surface area contributed by atoms with Gasteiger partial charge in [0.1, 0.15) is 0 Å². The predicted molar refractivity (Wildman–Crippen MR) is 57.4 cm³/mol. The normalized spacial score (nSPS) is 14.5. The Balaban J connectivity index is 2.15. The highest BCUT2D eigenvalue weighted by Gasteiger charge is 2.18. The molecular formula is C10H11N3O4. The topological polar surface area (TPSA) is 108 Å². The van der Waals surface area contributed by atoms with E-state index < -0.39 is 12.3 Å². The summed E-state index contributed by atoms with van der Waals surface area (Å²) in [7, 11) is 0. The summed E-state index contributed by atoms with van der Waals surface area (Å²) in [4.78, 5) is 2.57. The molecule has 1 aliphatic rings. The Morgan fingerprint density at radius 3 is 2.82 bits per heavy atom.